The largest absolute Gasteiger partial charge is 0.344 e. The van der Waals surface area contributed by atoms with Crippen LogP contribution >= 0.6 is 22.9 Å². The molecule has 0 saturated heterocycles. The molecule has 0 spiro atoms. The first-order chi connectivity index (χ1) is 9.97. The van der Waals surface area contributed by atoms with Crippen LogP contribution < -0.4 is 10.2 Å². The Morgan fingerprint density at radius 3 is 2.76 bits per heavy atom. The highest BCUT2D eigenvalue weighted by Gasteiger charge is 2.15. The van der Waals surface area contributed by atoms with Crippen LogP contribution in [0.5, 0.6) is 0 Å². The molecule has 1 atom stereocenters. The Bertz CT molecular complexity index is 582. The van der Waals surface area contributed by atoms with Crippen LogP contribution in [-0.4, -0.2) is 18.1 Å². The molecule has 0 aliphatic heterocycles. The predicted molar refractivity (Wildman–Crippen MR) is 92.4 cm³/mol. The molecule has 0 fully saturated rings. The molecule has 5 heteroatoms. The van der Waals surface area contributed by atoms with E-state index in [1.54, 1.807) is 11.3 Å². The minimum Gasteiger partial charge on any atom is -0.344 e. The van der Waals surface area contributed by atoms with Gasteiger partial charge in [0, 0.05) is 35.7 Å². The highest BCUT2D eigenvalue weighted by Crippen LogP contribution is 2.29. The molecule has 0 amide bonds. The number of anilines is 1. The standard InChI is InChI=1S/C16H22ClN3S/c1-11(2)18-9-15-10-19-16(21-15)20(4)12(3)13-6-5-7-14(17)8-13/h5-8,10-12,18H,9H2,1-4H3. The number of rotatable bonds is 6. The number of benzene rings is 1. The average molecular weight is 324 g/mol. The van der Waals surface area contributed by atoms with Crippen LogP contribution in [0.1, 0.15) is 37.3 Å². The van der Waals surface area contributed by atoms with Crippen molar-refractivity contribution in [1.82, 2.24) is 10.3 Å². The zero-order valence-corrected chi connectivity index (χ0v) is 14.5. The first-order valence-electron chi connectivity index (χ1n) is 7.13. The molecule has 0 saturated carbocycles. The second kappa shape index (κ2) is 7.25. The first kappa shape index (κ1) is 16.3. The van der Waals surface area contributed by atoms with Gasteiger partial charge in [-0.25, -0.2) is 4.98 Å². The van der Waals surface area contributed by atoms with E-state index in [0.29, 0.717) is 6.04 Å². The fourth-order valence-corrected chi connectivity index (χ4v) is 3.10. The molecule has 1 N–H and O–H groups in total. The lowest BCUT2D eigenvalue weighted by atomic mass is 10.1. The normalized spacial score (nSPS) is 12.7. The topological polar surface area (TPSA) is 28.2 Å². The van der Waals surface area contributed by atoms with E-state index in [0.717, 1.165) is 16.7 Å². The van der Waals surface area contributed by atoms with Gasteiger partial charge in [0.1, 0.15) is 0 Å². The third-order valence-corrected chi connectivity index (χ3v) is 4.76. The van der Waals surface area contributed by atoms with E-state index in [2.05, 4.69) is 49.1 Å². The SMILES string of the molecule is CC(C)NCc1cnc(N(C)C(C)c2cccc(Cl)c2)s1. The minimum absolute atomic E-state index is 0.237. The molecule has 2 rings (SSSR count). The van der Waals surface area contributed by atoms with Gasteiger partial charge >= 0.3 is 0 Å². The van der Waals surface area contributed by atoms with Crippen molar-refractivity contribution < 1.29 is 0 Å². The number of halogens is 1. The molecule has 0 bridgehead atoms. The molecule has 114 valence electrons. The molecule has 0 aliphatic carbocycles. The van der Waals surface area contributed by atoms with Gasteiger partial charge in [-0.2, -0.15) is 0 Å². The van der Waals surface area contributed by atoms with Crippen LogP contribution in [0.25, 0.3) is 0 Å². The zero-order chi connectivity index (χ0) is 15.4. The zero-order valence-electron chi connectivity index (χ0n) is 12.9. The molecule has 0 radical (unpaired) electrons. The van der Waals surface area contributed by atoms with Crippen molar-refractivity contribution in [2.75, 3.05) is 11.9 Å². The molecule has 3 nitrogen and oxygen atoms in total. The summed E-state index contributed by atoms with van der Waals surface area (Å²) in [5, 5.41) is 5.22. The maximum Gasteiger partial charge on any atom is 0.185 e. The molecule has 1 aromatic carbocycles. The monoisotopic (exact) mass is 323 g/mol. The molecule has 0 aliphatic rings. The summed E-state index contributed by atoms with van der Waals surface area (Å²) in [6.07, 6.45) is 1.95. The van der Waals surface area contributed by atoms with Crippen molar-refractivity contribution in [1.29, 1.82) is 0 Å². The van der Waals surface area contributed by atoms with Gasteiger partial charge in [-0.1, -0.05) is 37.6 Å². The summed E-state index contributed by atoms with van der Waals surface area (Å²) in [6, 6.07) is 8.72. The molecule has 2 aromatic rings. The summed E-state index contributed by atoms with van der Waals surface area (Å²) in [4.78, 5) is 7.98. The molecule has 1 aromatic heterocycles. The molecule has 1 unspecified atom stereocenters. The highest BCUT2D eigenvalue weighted by atomic mass is 35.5. The van der Waals surface area contributed by atoms with Gasteiger partial charge in [0.05, 0.1) is 6.04 Å². The van der Waals surface area contributed by atoms with Crippen LogP contribution in [0.4, 0.5) is 5.13 Å². The number of hydrogen-bond acceptors (Lipinski definition) is 4. The van der Waals surface area contributed by atoms with Crippen molar-refractivity contribution in [3.8, 4) is 0 Å². The van der Waals surface area contributed by atoms with E-state index < -0.39 is 0 Å². The maximum absolute atomic E-state index is 6.07. The van der Waals surface area contributed by atoms with Gasteiger partial charge in [-0.05, 0) is 24.6 Å². The van der Waals surface area contributed by atoms with Crippen LogP contribution in [-0.2, 0) is 6.54 Å². The van der Waals surface area contributed by atoms with Gasteiger partial charge in [0.2, 0.25) is 0 Å². The van der Waals surface area contributed by atoms with Crippen LogP contribution in [0.2, 0.25) is 5.02 Å². The summed E-state index contributed by atoms with van der Waals surface area (Å²) in [7, 11) is 2.07. The average Bonchev–Trinajstić information content (AvgIpc) is 2.92. The van der Waals surface area contributed by atoms with Gasteiger partial charge in [0.15, 0.2) is 5.13 Å². The Hall–Kier alpha value is -1.10. The summed E-state index contributed by atoms with van der Waals surface area (Å²) in [6.45, 7) is 7.33. The van der Waals surface area contributed by atoms with Gasteiger partial charge in [-0.3, -0.25) is 0 Å². The fourth-order valence-electron chi connectivity index (χ4n) is 2.00. The van der Waals surface area contributed by atoms with Gasteiger partial charge in [0.25, 0.3) is 0 Å². The van der Waals surface area contributed by atoms with Gasteiger partial charge < -0.3 is 10.2 Å². The Morgan fingerprint density at radius 2 is 2.10 bits per heavy atom. The summed E-state index contributed by atoms with van der Waals surface area (Å²) in [5.41, 5.74) is 1.20. The predicted octanol–water partition coefficient (Wildman–Crippen LogP) is 4.49. The third-order valence-electron chi connectivity index (χ3n) is 3.44. The highest BCUT2D eigenvalue weighted by molar-refractivity contribution is 7.15. The Morgan fingerprint density at radius 1 is 1.33 bits per heavy atom. The van der Waals surface area contributed by atoms with Crippen molar-refractivity contribution in [3.05, 3.63) is 45.9 Å². The molecular formula is C16H22ClN3S. The van der Waals surface area contributed by atoms with E-state index in [-0.39, 0.29) is 6.04 Å². The Kier molecular flexibility index (Phi) is 5.62. The van der Waals surface area contributed by atoms with E-state index in [4.69, 9.17) is 11.6 Å². The van der Waals surface area contributed by atoms with E-state index in [9.17, 15) is 0 Å². The van der Waals surface area contributed by atoms with Crippen molar-refractivity contribution in [2.24, 2.45) is 0 Å². The lowest BCUT2D eigenvalue weighted by molar-refractivity contribution is 0.593. The van der Waals surface area contributed by atoms with Crippen molar-refractivity contribution >= 4 is 28.1 Å². The maximum atomic E-state index is 6.07. The Balaban J connectivity index is 2.07. The summed E-state index contributed by atoms with van der Waals surface area (Å²) < 4.78 is 0. The van der Waals surface area contributed by atoms with Crippen LogP contribution in [0.15, 0.2) is 30.5 Å². The molecule has 21 heavy (non-hydrogen) atoms. The van der Waals surface area contributed by atoms with E-state index >= 15 is 0 Å². The van der Waals surface area contributed by atoms with E-state index in [1.165, 1.54) is 10.4 Å². The Labute approximate surface area is 136 Å². The van der Waals surface area contributed by atoms with E-state index in [1.807, 2.05) is 24.4 Å². The number of nitrogens with one attached hydrogen (secondary N) is 1. The molecule has 1 heterocycles. The lowest BCUT2D eigenvalue weighted by Gasteiger charge is -2.24. The fraction of sp³-hybridized carbons (Fsp3) is 0.438. The molecular weight excluding hydrogens is 302 g/mol. The summed E-state index contributed by atoms with van der Waals surface area (Å²) >= 11 is 7.80. The van der Waals surface area contributed by atoms with Gasteiger partial charge in [-0.15, -0.1) is 11.3 Å². The lowest BCUT2D eigenvalue weighted by Crippen LogP contribution is -2.21. The quantitative estimate of drug-likeness (QED) is 0.848. The van der Waals surface area contributed by atoms with Crippen LogP contribution in [0.3, 0.4) is 0 Å². The number of thiazole rings is 1. The second-order valence-electron chi connectivity index (χ2n) is 5.49. The third kappa shape index (κ3) is 4.43. The van der Waals surface area contributed by atoms with Crippen LogP contribution in [0, 0.1) is 0 Å². The number of hydrogen-bond donors (Lipinski definition) is 1. The van der Waals surface area contributed by atoms with Crippen molar-refractivity contribution in [3.63, 3.8) is 0 Å². The number of aromatic nitrogens is 1. The second-order valence-corrected chi connectivity index (χ2v) is 7.02. The smallest absolute Gasteiger partial charge is 0.185 e. The minimum atomic E-state index is 0.237. The summed E-state index contributed by atoms with van der Waals surface area (Å²) in [5.74, 6) is 0. The number of nitrogens with zero attached hydrogens (tertiary/aromatic N) is 2. The first-order valence-corrected chi connectivity index (χ1v) is 8.33. The van der Waals surface area contributed by atoms with Crippen molar-refractivity contribution in [2.45, 2.75) is 39.4 Å².